The number of thiol groups is 1. The lowest BCUT2D eigenvalue weighted by Crippen LogP contribution is -2.47. The molecular formula is C22H26N2O3S. The van der Waals surface area contributed by atoms with E-state index in [-0.39, 0.29) is 24.5 Å². The van der Waals surface area contributed by atoms with Crippen LogP contribution in [0.25, 0.3) is 0 Å². The van der Waals surface area contributed by atoms with Crippen LogP contribution >= 0.6 is 12.6 Å². The maximum Gasteiger partial charge on any atom is 0.258 e. The van der Waals surface area contributed by atoms with Crippen molar-refractivity contribution >= 4 is 24.4 Å². The average Bonchev–Trinajstić information content (AvgIpc) is 2.69. The number of piperidine rings is 1. The van der Waals surface area contributed by atoms with Crippen LogP contribution in [0.2, 0.25) is 0 Å². The Kier molecular flexibility index (Phi) is 6.62. The highest BCUT2D eigenvalue weighted by atomic mass is 32.1. The Morgan fingerprint density at radius 3 is 2.54 bits per heavy atom. The molecule has 1 heterocycles. The molecule has 6 heteroatoms. The summed E-state index contributed by atoms with van der Waals surface area (Å²) in [5.41, 5.74) is 2.81. The van der Waals surface area contributed by atoms with E-state index in [0.717, 1.165) is 29.7 Å². The van der Waals surface area contributed by atoms with Gasteiger partial charge in [-0.3, -0.25) is 9.59 Å². The summed E-state index contributed by atoms with van der Waals surface area (Å²) in [6, 6.07) is 13.2. The molecule has 5 nitrogen and oxygen atoms in total. The molecule has 1 aliphatic heterocycles. The monoisotopic (exact) mass is 398 g/mol. The van der Waals surface area contributed by atoms with Crippen molar-refractivity contribution in [3.8, 4) is 5.75 Å². The minimum absolute atomic E-state index is 0.00351. The zero-order chi connectivity index (χ0) is 20.1. The Morgan fingerprint density at radius 1 is 1.11 bits per heavy atom. The van der Waals surface area contributed by atoms with Crippen molar-refractivity contribution in [2.45, 2.75) is 37.6 Å². The van der Waals surface area contributed by atoms with Gasteiger partial charge in [-0.2, -0.15) is 0 Å². The topological polar surface area (TPSA) is 58.6 Å². The van der Waals surface area contributed by atoms with Gasteiger partial charge in [0, 0.05) is 24.0 Å². The van der Waals surface area contributed by atoms with E-state index in [0.29, 0.717) is 23.5 Å². The van der Waals surface area contributed by atoms with Crippen molar-refractivity contribution in [2.75, 3.05) is 19.7 Å². The SMILES string of the molecule is Cc1cccc(OCC(=O)NC2CCN(C(=O)c3ccccc3S)CC2)c1C. The first-order valence-electron chi connectivity index (χ1n) is 9.51. The van der Waals surface area contributed by atoms with E-state index in [1.807, 2.05) is 55.1 Å². The highest BCUT2D eigenvalue weighted by Gasteiger charge is 2.25. The van der Waals surface area contributed by atoms with Crippen LogP contribution in [0.4, 0.5) is 0 Å². The molecule has 28 heavy (non-hydrogen) atoms. The lowest BCUT2D eigenvalue weighted by Gasteiger charge is -2.32. The van der Waals surface area contributed by atoms with E-state index in [1.165, 1.54) is 0 Å². The molecule has 2 aromatic carbocycles. The first-order valence-corrected chi connectivity index (χ1v) is 9.96. The number of likely N-dealkylation sites (tertiary alicyclic amines) is 1. The van der Waals surface area contributed by atoms with Crippen molar-refractivity contribution < 1.29 is 14.3 Å². The predicted molar refractivity (Wildman–Crippen MR) is 112 cm³/mol. The highest BCUT2D eigenvalue weighted by Crippen LogP contribution is 2.21. The molecule has 0 spiro atoms. The number of carbonyl (C=O) groups is 2. The molecule has 1 saturated heterocycles. The predicted octanol–water partition coefficient (Wildman–Crippen LogP) is 3.39. The molecule has 148 valence electrons. The van der Waals surface area contributed by atoms with E-state index in [9.17, 15) is 9.59 Å². The van der Waals surface area contributed by atoms with Gasteiger partial charge in [-0.1, -0.05) is 24.3 Å². The molecule has 2 aromatic rings. The number of carbonyl (C=O) groups excluding carboxylic acids is 2. The molecule has 0 bridgehead atoms. The number of nitrogens with zero attached hydrogens (tertiary/aromatic N) is 1. The standard InChI is InChI=1S/C22H26N2O3S/c1-15-6-5-8-19(16(15)2)27-14-21(25)23-17-10-12-24(13-11-17)22(26)18-7-3-4-9-20(18)28/h3-9,17,28H,10-14H2,1-2H3,(H,23,25). The number of ether oxygens (including phenoxy) is 1. The summed E-state index contributed by atoms with van der Waals surface area (Å²) in [5, 5.41) is 3.02. The third-order valence-corrected chi connectivity index (χ3v) is 5.59. The van der Waals surface area contributed by atoms with E-state index < -0.39 is 0 Å². The molecule has 1 aliphatic rings. The fourth-order valence-electron chi connectivity index (χ4n) is 3.34. The van der Waals surface area contributed by atoms with E-state index in [2.05, 4.69) is 17.9 Å². The largest absolute Gasteiger partial charge is 0.483 e. The second-order valence-electron chi connectivity index (χ2n) is 7.14. The number of amides is 2. The third-order valence-electron chi connectivity index (χ3n) is 5.20. The zero-order valence-corrected chi connectivity index (χ0v) is 17.2. The first-order chi connectivity index (χ1) is 13.5. The fraction of sp³-hybridized carbons (Fsp3) is 0.364. The van der Waals surface area contributed by atoms with Crippen molar-refractivity contribution in [1.29, 1.82) is 0 Å². The molecule has 0 aromatic heterocycles. The number of aryl methyl sites for hydroxylation is 1. The van der Waals surface area contributed by atoms with Gasteiger partial charge in [0.25, 0.3) is 11.8 Å². The van der Waals surface area contributed by atoms with Crippen LogP contribution in [-0.2, 0) is 4.79 Å². The summed E-state index contributed by atoms with van der Waals surface area (Å²) >= 11 is 4.37. The van der Waals surface area contributed by atoms with Gasteiger partial charge in [-0.15, -0.1) is 12.6 Å². The maximum absolute atomic E-state index is 12.6. The van der Waals surface area contributed by atoms with E-state index in [1.54, 1.807) is 6.07 Å². The summed E-state index contributed by atoms with van der Waals surface area (Å²) < 4.78 is 5.67. The van der Waals surface area contributed by atoms with Crippen LogP contribution in [0.1, 0.15) is 34.3 Å². The second-order valence-corrected chi connectivity index (χ2v) is 7.62. The molecule has 1 fully saturated rings. The Balaban J connectivity index is 1.46. The molecule has 0 aliphatic carbocycles. The molecule has 0 saturated carbocycles. The summed E-state index contributed by atoms with van der Waals surface area (Å²) in [7, 11) is 0. The minimum Gasteiger partial charge on any atom is -0.483 e. The maximum atomic E-state index is 12.6. The van der Waals surface area contributed by atoms with Gasteiger partial charge in [0.1, 0.15) is 5.75 Å². The molecular weight excluding hydrogens is 372 g/mol. The average molecular weight is 399 g/mol. The highest BCUT2D eigenvalue weighted by molar-refractivity contribution is 7.80. The van der Waals surface area contributed by atoms with Gasteiger partial charge in [-0.05, 0) is 56.0 Å². The molecule has 3 rings (SSSR count). The van der Waals surface area contributed by atoms with E-state index in [4.69, 9.17) is 4.74 Å². The van der Waals surface area contributed by atoms with Crippen molar-refractivity contribution in [2.24, 2.45) is 0 Å². The normalized spacial score (nSPS) is 14.6. The first kappa shape index (κ1) is 20.3. The van der Waals surface area contributed by atoms with Gasteiger partial charge in [0.05, 0.1) is 5.56 Å². The van der Waals surface area contributed by atoms with Crippen LogP contribution < -0.4 is 10.1 Å². The molecule has 2 amide bonds. The van der Waals surface area contributed by atoms with Crippen LogP contribution in [-0.4, -0.2) is 42.5 Å². The van der Waals surface area contributed by atoms with Crippen LogP contribution in [0.15, 0.2) is 47.4 Å². The number of benzene rings is 2. The lowest BCUT2D eigenvalue weighted by molar-refractivity contribution is -0.124. The Hall–Kier alpha value is -2.47. The number of hydrogen-bond donors (Lipinski definition) is 2. The Morgan fingerprint density at radius 2 is 1.82 bits per heavy atom. The summed E-state index contributed by atoms with van der Waals surface area (Å²) in [5.74, 6) is 0.598. The van der Waals surface area contributed by atoms with Gasteiger partial charge < -0.3 is 15.0 Å². The summed E-state index contributed by atoms with van der Waals surface area (Å²) in [6.07, 6.45) is 1.46. The quantitative estimate of drug-likeness (QED) is 0.759. The zero-order valence-electron chi connectivity index (χ0n) is 16.3. The summed E-state index contributed by atoms with van der Waals surface area (Å²) in [6.45, 7) is 5.23. The molecule has 0 unspecified atom stereocenters. The van der Waals surface area contributed by atoms with Crippen LogP contribution in [0.5, 0.6) is 5.75 Å². The lowest BCUT2D eigenvalue weighted by atomic mass is 10.0. The Bertz CT molecular complexity index is 861. The summed E-state index contributed by atoms with van der Waals surface area (Å²) in [4.78, 5) is 27.4. The van der Waals surface area contributed by atoms with Gasteiger partial charge >= 0.3 is 0 Å². The van der Waals surface area contributed by atoms with Crippen molar-refractivity contribution in [3.63, 3.8) is 0 Å². The third kappa shape index (κ3) is 4.87. The number of hydrogen-bond acceptors (Lipinski definition) is 4. The van der Waals surface area contributed by atoms with Crippen LogP contribution in [0, 0.1) is 13.8 Å². The second kappa shape index (κ2) is 9.15. The van der Waals surface area contributed by atoms with Crippen LogP contribution in [0.3, 0.4) is 0 Å². The number of nitrogens with one attached hydrogen (secondary N) is 1. The van der Waals surface area contributed by atoms with Crippen molar-refractivity contribution in [1.82, 2.24) is 10.2 Å². The van der Waals surface area contributed by atoms with Crippen molar-refractivity contribution in [3.05, 3.63) is 59.2 Å². The molecule has 0 radical (unpaired) electrons. The van der Waals surface area contributed by atoms with Gasteiger partial charge in [0.15, 0.2) is 6.61 Å². The number of rotatable bonds is 5. The van der Waals surface area contributed by atoms with E-state index >= 15 is 0 Å². The molecule has 0 atom stereocenters. The van der Waals surface area contributed by atoms with Gasteiger partial charge in [0.2, 0.25) is 0 Å². The minimum atomic E-state index is -0.133. The fourth-order valence-corrected chi connectivity index (χ4v) is 3.60. The smallest absolute Gasteiger partial charge is 0.258 e. The molecule has 1 N–H and O–H groups in total. The van der Waals surface area contributed by atoms with Gasteiger partial charge in [-0.25, -0.2) is 0 Å². The Labute approximate surface area is 171 Å².